The van der Waals surface area contributed by atoms with Crippen molar-refractivity contribution in [1.82, 2.24) is 0 Å². The van der Waals surface area contributed by atoms with Crippen LogP contribution in [0.15, 0.2) is 18.2 Å². The second-order valence-corrected chi connectivity index (χ2v) is 4.03. The van der Waals surface area contributed by atoms with Crippen molar-refractivity contribution in [3.63, 3.8) is 0 Å². The number of methoxy groups -OCH3 is 1. The molecular formula is C12H16FNO3. The van der Waals surface area contributed by atoms with Crippen LogP contribution in [0.2, 0.25) is 0 Å². The van der Waals surface area contributed by atoms with Crippen LogP contribution in [-0.4, -0.2) is 30.3 Å². The number of benzene rings is 1. The third-order valence-corrected chi connectivity index (χ3v) is 2.52. The molecule has 5 heteroatoms. The maximum atomic E-state index is 13.2. The van der Waals surface area contributed by atoms with Gasteiger partial charge < -0.3 is 15.2 Å². The van der Waals surface area contributed by atoms with Crippen molar-refractivity contribution in [2.45, 2.75) is 19.4 Å². The predicted octanol–water partition coefficient (Wildman–Crippen LogP) is 1.47. The summed E-state index contributed by atoms with van der Waals surface area (Å²) < 4.78 is 17.7. The molecule has 0 aliphatic rings. The number of ether oxygens (including phenoxy) is 1. The standard InChI is InChI=1S/C12H16FNO3/c1-8-9(13)5-4-6-10(8)14-7-12(2,16)11(15)17-3/h4-6,14,16H,7H2,1-3H3. The number of esters is 1. The fraction of sp³-hybridized carbons (Fsp3) is 0.417. The van der Waals surface area contributed by atoms with E-state index in [-0.39, 0.29) is 12.4 Å². The van der Waals surface area contributed by atoms with Crippen LogP contribution in [0.25, 0.3) is 0 Å². The van der Waals surface area contributed by atoms with Gasteiger partial charge in [0, 0.05) is 11.3 Å². The second kappa shape index (κ2) is 5.14. The zero-order valence-corrected chi connectivity index (χ0v) is 10.1. The molecule has 0 radical (unpaired) electrons. The Balaban J connectivity index is 2.74. The Hall–Kier alpha value is -1.62. The van der Waals surface area contributed by atoms with Crippen molar-refractivity contribution < 1.29 is 19.0 Å². The van der Waals surface area contributed by atoms with Gasteiger partial charge in [-0.3, -0.25) is 0 Å². The SMILES string of the molecule is COC(=O)C(C)(O)CNc1cccc(F)c1C. The lowest BCUT2D eigenvalue weighted by atomic mass is 10.1. The van der Waals surface area contributed by atoms with Gasteiger partial charge in [-0.25, -0.2) is 9.18 Å². The van der Waals surface area contributed by atoms with Gasteiger partial charge in [-0.05, 0) is 26.0 Å². The minimum Gasteiger partial charge on any atom is -0.467 e. The van der Waals surface area contributed by atoms with E-state index in [1.807, 2.05) is 0 Å². The first kappa shape index (κ1) is 13.4. The first-order valence-electron chi connectivity index (χ1n) is 5.18. The first-order chi connectivity index (χ1) is 7.88. The molecule has 0 spiro atoms. The molecule has 0 heterocycles. The highest BCUT2D eigenvalue weighted by Crippen LogP contribution is 2.18. The van der Waals surface area contributed by atoms with Gasteiger partial charge in [0.2, 0.25) is 0 Å². The van der Waals surface area contributed by atoms with Gasteiger partial charge in [0.1, 0.15) is 5.82 Å². The number of hydrogen-bond acceptors (Lipinski definition) is 4. The fourth-order valence-corrected chi connectivity index (χ4v) is 1.36. The molecule has 0 aromatic heterocycles. The van der Waals surface area contributed by atoms with Gasteiger partial charge in [0.15, 0.2) is 5.60 Å². The topological polar surface area (TPSA) is 58.6 Å². The van der Waals surface area contributed by atoms with Crippen molar-refractivity contribution in [1.29, 1.82) is 0 Å². The molecule has 1 rings (SSSR count). The highest BCUT2D eigenvalue weighted by atomic mass is 19.1. The summed E-state index contributed by atoms with van der Waals surface area (Å²) >= 11 is 0. The molecule has 4 nitrogen and oxygen atoms in total. The molecule has 0 fully saturated rings. The summed E-state index contributed by atoms with van der Waals surface area (Å²) in [5.41, 5.74) is -0.671. The number of hydrogen-bond donors (Lipinski definition) is 2. The van der Waals surface area contributed by atoms with Crippen LogP contribution in [0.1, 0.15) is 12.5 Å². The zero-order chi connectivity index (χ0) is 13.1. The number of carbonyl (C=O) groups excluding carboxylic acids is 1. The molecule has 0 aliphatic carbocycles. The predicted molar refractivity (Wildman–Crippen MR) is 62.3 cm³/mol. The third kappa shape index (κ3) is 3.17. The number of aliphatic hydroxyl groups is 1. The van der Waals surface area contributed by atoms with Crippen molar-refractivity contribution in [3.05, 3.63) is 29.6 Å². The lowest BCUT2D eigenvalue weighted by Crippen LogP contribution is -2.42. The van der Waals surface area contributed by atoms with Gasteiger partial charge in [-0.1, -0.05) is 6.07 Å². The molecule has 2 N–H and O–H groups in total. The molecule has 1 unspecified atom stereocenters. The molecule has 1 aromatic carbocycles. The lowest BCUT2D eigenvalue weighted by molar-refractivity contribution is -0.158. The van der Waals surface area contributed by atoms with Crippen molar-refractivity contribution in [2.75, 3.05) is 19.0 Å². The molecule has 0 saturated carbocycles. The van der Waals surface area contributed by atoms with Crippen molar-refractivity contribution >= 4 is 11.7 Å². The maximum absolute atomic E-state index is 13.2. The summed E-state index contributed by atoms with van der Waals surface area (Å²) in [5.74, 6) is -1.08. The average Bonchev–Trinajstić information content (AvgIpc) is 2.30. The van der Waals surface area contributed by atoms with Crippen molar-refractivity contribution in [3.8, 4) is 0 Å². The van der Waals surface area contributed by atoms with Crippen LogP contribution in [0.5, 0.6) is 0 Å². The monoisotopic (exact) mass is 241 g/mol. The van der Waals surface area contributed by atoms with E-state index in [4.69, 9.17) is 0 Å². The van der Waals surface area contributed by atoms with Crippen LogP contribution in [0, 0.1) is 12.7 Å². The van der Waals surface area contributed by atoms with E-state index in [0.717, 1.165) is 0 Å². The summed E-state index contributed by atoms with van der Waals surface area (Å²) in [5, 5.41) is 12.6. The van der Waals surface area contributed by atoms with E-state index in [1.54, 1.807) is 19.1 Å². The normalized spacial score (nSPS) is 13.9. The maximum Gasteiger partial charge on any atom is 0.339 e. The Morgan fingerprint density at radius 3 is 2.82 bits per heavy atom. The van der Waals surface area contributed by atoms with Crippen LogP contribution in [0.3, 0.4) is 0 Å². The molecule has 0 bridgehead atoms. The highest BCUT2D eigenvalue weighted by molar-refractivity contribution is 5.79. The Labute approximate surface area is 99.4 Å². The van der Waals surface area contributed by atoms with Crippen molar-refractivity contribution in [2.24, 2.45) is 0 Å². The molecule has 94 valence electrons. The number of rotatable bonds is 4. The minimum atomic E-state index is -1.65. The molecule has 0 amide bonds. The number of carbonyl (C=O) groups is 1. The highest BCUT2D eigenvalue weighted by Gasteiger charge is 2.31. The molecule has 17 heavy (non-hydrogen) atoms. The Kier molecular flexibility index (Phi) is 4.07. The van der Waals surface area contributed by atoms with E-state index in [9.17, 15) is 14.3 Å². The number of halogens is 1. The van der Waals surface area contributed by atoms with Crippen LogP contribution in [-0.2, 0) is 9.53 Å². The van der Waals surface area contributed by atoms with Gasteiger partial charge in [-0.15, -0.1) is 0 Å². The van der Waals surface area contributed by atoms with E-state index in [1.165, 1.54) is 20.1 Å². The summed E-state index contributed by atoms with van der Waals surface area (Å²) in [6.45, 7) is 2.90. The summed E-state index contributed by atoms with van der Waals surface area (Å²) in [7, 11) is 1.20. The van der Waals surface area contributed by atoms with Crippen LogP contribution in [0.4, 0.5) is 10.1 Å². The third-order valence-electron chi connectivity index (χ3n) is 2.52. The zero-order valence-electron chi connectivity index (χ0n) is 10.1. The first-order valence-corrected chi connectivity index (χ1v) is 5.18. The van der Waals surface area contributed by atoms with E-state index in [0.29, 0.717) is 11.3 Å². The lowest BCUT2D eigenvalue weighted by Gasteiger charge is -2.21. The van der Waals surface area contributed by atoms with Gasteiger partial charge >= 0.3 is 5.97 Å². The van der Waals surface area contributed by atoms with Gasteiger partial charge in [-0.2, -0.15) is 0 Å². The Bertz CT molecular complexity index is 418. The Morgan fingerprint density at radius 2 is 2.24 bits per heavy atom. The van der Waals surface area contributed by atoms with E-state index >= 15 is 0 Å². The number of nitrogens with one attached hydrogen (secondary N) is 1. The largest absolute Gasteiger partial charge is 0.467 e. The van der Waals surface area contributed by atoms with E-state index in [2.05, 4.69) is 10.1 Å². The van der Waals surface area contributed by atoms with Crippen LogP contribution < -0.4 is 5.32 Å². The Morgan fingerprint density at radius 1 is 1.59 bits per heavy atom. The summed E-state index contributed by atoms with van der Waals surface area (Å²) in [6, 6.07) is 4.57. The average molecular weight is 241 g/mol. The van der Waals surface area contributed by atoms with Gasteiger partial charge in [0.25, 0.3) is 0 Å². The number of anilines is 1. The smallest absolute Gasteiger partial charge is 0.339 e. The second-order valence-electron chi connectivity index (χ2n) is 4.03. The molecule has 1 atom stereocenters. The van der Waals surface area contributed by atoms with Gasteiger partial charge in [0.05, 0.1) is 13.7 Å². The fourth-order valence-electron chi connectivity index (χ4n) is 1.36. The molecule has 0 aliphatic heterocycles. The molecule has 1 aromatic rings. The molecular weight excluding hydrogens is 225 g/mol. The summed E-state index contributed by atoms with van der Waals surface area (Å²) in [4.78, 5) is 11.2. The molecule has 0 saturated heterocycles. The van der Waals surface area contributed by atoms with Crippen LogP contribution >= 0.6 is 0 Å². The minimum absolute atomic E-state index is 0.0516. The van der Waals surface area contributed by atoms with E-state index < -0.39 is 11.6 Å². The quantitative estimate of drug-likeness (QED) is 0.784. The summed E-state index contributed by atoms with van der Waals surface area (Å²) in [6.07, 6.45) is 0.